The van der Waals surface area contributed by atoms with Crippen LogP contribution < -0.4 is 0 Å². The molecule has 1 aromatic rings. The van der Waals surface area contributed by atoms with Gasteiger partial charge in [-0.05, 0) is 36.1 Å². The SMILES string of the molecule is CC1(C)CCC(=O)C1.CC1(C)Cc2c(C(=O)O)nn(COCC[Si](C)(C)C)c2C1. The van der Waals surface area contributed by atoms with Gasteiger partial charge in [0.2, 0.25) is 0 Å². The summed E-state index contributed by atoms with van der Waals surface area (Å²) in [6.45, 7) is 16.6. The van der Waals surface area contributed by atoms with Gasteiger partial charge < -0.3 is 9.84 Å². The molecule has 1 saturated carbocycles. The number of fused-ring (bicyclic) bond motifs is 1. The van der Waals surface area contributed by atoms with Gasteiger partial charge in [-0.3, -0.25) is 4.79 Å². The lowest BCUT2D eigenvalue weighted by molar-refractivity contribution is -0.117. The van der Waals surface area contributed by atoms with Crippen molar-refractivity contribution < 1.29 is 19.4 Å². The third-order valence-electron chi connectivity index (χ3n) is 5.64. The number of hydrogen-bond donors (Lipinski definition) is 1. The molecule has 0 unspecified atom stereocenters. The van der Waals surface area contributed by atoms with Crippen LogP contribution in [-0.2, 0) is 29.1 Å². The molecule has 0 amide bonds. The second-order valence-corrected chi connectivity index (χ2v) is 16.9. The summed E-state index contributed by atoms with van der Waals surface area (Å²) in [6, 6.07) is 1.10. The zero-order chi connectivity index (χ0) is 22.0. The number of carboxylic acids is 1. The lowest BCUT2D eigenvalue weighted by Crippen LogP contribution is -2.22. The average Bonchev–Trinajstić information content (AvgIpc) is 3.13. The van der Waals surface area contributed by atoms with E-state index >= 15 is 0 Å². The predicted octanol–water partition coefficient (Wildman–Crippen LogP) is 4.78. The molecular weight excluding hydrogens is 384 g/mol. The molecule has 2 aliphatic rings. The van der Waals surface area contributed by atoms with Crippen molar-refractivity contribution in [3.63, 3.8) is 0 Å². The van der Waals surface area contributed by atoms with E-state index in [0.29, 0.717) is 17.9 Å². The van der Waals surface area contributed by atoms with Crippen molar-refractivity contribution in [3.05, 3.63) is 17.0 Å². The molecule has 0 aliphatic heterocycles. The summed E-state index contributed by atoms with van der Waals surface area (Å²) in [4.78, 5) is 22.0. The van der Waals surface area contributed by atoms with Gasteiger partial charge in [-0.15, -0.1) is 0 Å². The summed E-state index contributed by atoms with van der Waals surface area (Å²) >= 11 is 0. The van der Waals surface area contributed by atoms with Gasteiger partial charge in [-0.1, -0.05) is 47.3 Å². The summed E-state index contributed by atoms with van der Waals surface area (Å²) in [7, 11) is -1.10. The average molecular weight is 423 g/mol. The lowest BCUT2D eigenvalue weighted by atomic mass is 9.90. The first-order valence-electron chi connectivity index (χ1n) is 10.6. The number of carbonyl (C=O) groups excluding carboxylic acids is 1. The van der Waals surface area contributed by atoms with E-state index in [2.05, 4.69) is 52.4 Å². The Kier molecular flexibility index (Phi) is 7.16. The maximum Gasteiger partial charge on any atom is 0.356 e. The Labute approximate surface area is 176 Å². The number of carboxylic acid groups (broad SMARTS) is 1. The molecule has 0 spiro atoms. The number of rotatable bonds is 6. The maximum absolute atomic E-state index is 11.3. The molecule has 1 aromatic heterocycles. The first kappa shape index (κ1) is 23.8. The summed E-state index contributed by atoms with van der Waals surface area (Å²) < 4.78 is 7.47. The number of ketones is 1. The number of Topliss-reactive ketones (excluding diaryl/α,β-unsaturated/α-hetero) is 1. The number of aromatic carboxylic acids is 1. The highest BCUT2D eigenvalue weighted by atomic mass is 28.3. The van der Waals surface area contributed by atoms with Crippen molar-refractivity contribution in [2.75, 3.05) is 6.61 Å². The lowest BCUT2D eigenvalue weighted by Gasteiger charge is -2.17. The maximum atomic E-state index is 11.3. The number of carbonyl (C=O) groups is 2. The van der Waals surface area contributed by atoms with Gasteiger partial charge in [0.05, 0.1) is 0 Å². The third-order valence-corrected chi connectivity index (χ3v) is 7.34. The molecular formula is C22H38N2O4Si. The predicted molar refractivity (Wildman–Crippen MR) is 117 cm³/mol. The number of ether oxygens (including phenoxy) is 1. The van der Waals surface area contributed by atoms with E-state index in [1.807, 2.05) is 0 Å². The number of nitrogens with zero attached hydrogens (tertiary/aromatic N) is 2. The van der Waals surface area contributed by atoms with E-state index in [0.717, 1.165) is 56.0 Å². The largest absolute Gasteiger partial charge is 0.476 e. The number of aromatic nitrogens is 2. The van der Waals surface area contributed by atoms with E-state index in [4.69, 9.17) is 4.74 Å². The molecule has 6 nitrogen and oxygen atoms in total. The van der Waals surface area contributed by atoms with Crippen molar-refractivity contribution in [3.8, 4) is 0 Å². The molecule has 1 N–H and O–H groups in total. The minimum Gasteiger partial charge on any atom is -0.476 e. The molecule has 3 rings (SSSR count). The molecule has 0 radical (unpaired) electrons. The molecule has 1 fully saturated rings. The van der Waals surface area contributed by atoms with Gasteiger partial charge in [-0.2, -0.15) is 5.10 Å². The van der Waals surface area contributed by atoms with Gasteiger partial charge >= 0.3 is 5.97 Å². The summed E-state index contributed by atoms with van der Waals surface area (Å²) in [5.41, 5.74) is 2.55. The highest BCUT2D eigenvalue weighted by Gasteiger charge is 2.36. The monoisotopic (exact) mass is 422 g/mol. The highest BCUT2D eigenvalue weighted by molar-refractivity contribution is 6.76. The van der Waals surface area contributed by atoms with Crippen molar-refractivity contribution in [2.24, 2.45) is 10.8 Å². The summed E-state index contributed by atoms with van der Waals surface area (Å²) in [5.74, 6) is -0.500. The molecule has 0 saturated heterocycles. The van der Waals surface area contributed by atoms with Gasteiger partial charge in [0.25, 0.3) is 0 Å². The molecule has 0 aromatic carbocycles. The van der Waals surface area contributed by atoms with Crippen molar-refractivity contribution in [2.45, 2.75) is 92.2 Å². The number of hydrogen-bond acceptors (Lipinski definition) is 4. The van der Waals surface area contributed by atoms with Crippen LogP contribution in [0, 0.1) is 10.8 Å². The van der Waals surface area contributed by atoms with Gasteiger partial charge in [0.1, 0.15) is 12.5 Å². The van der Waals surface area contributed by atoms with Crippen LogP contribution in [0.3, 0.4) is 0 Å². The molecule has 29 heavy (non-hydrogen) atoms. The van der Waals surface area contributed by atoms with E-state index in [9.17, 15) is 14.7 Å². The van der Waals surface area contributed by atoms with Crippen molar-refractivity contribution >= 4 is 19.8 Å². The van der Waals surface area contributed by atoms with Gasteiger partial charge in [-0.25, -0.2) is 9.48 Å². The van der Waals surface area contributed by atoms with Gasteiger partial charge in [0, 0.05) is 38.8 Å². The normalized spacial score (nSPS) is 19.6. The van der Waals surface area contributed by atoms with Crippen LogP contribution in [0.15, 0.2) is 0 Å². The fourth-order valence-corrected chi connectivity index (χ4v) is 4.66. The Morgan fingerprint density at radius 2 is 1.79 bits per heavy atom. The molecule has 0 atom stereocenters. The first-order valence-corrected chi connectivity index (χ1v) is 14.3. The zero-order valence-electron chi connectivity index (χ0n) is 19.2. The smallest absolute Gasteiger partial charge is 0.356 e. The van der Waals surface area contributed by atoms with Crippen molar-refractivity contribution in [1.82, 2.24) is 9.78 Å². The van der Waals surface area contributed by atoms with Crippen LogP contribution in [-0.4, -0.2) is 41.3 Å². The molecule has 7 heteroatoms. The molecule has 1 heterocycles. The topological polar surface area (TPSA) is 81.4 Å². The zero-order valence-corrected chi connectivity index (χ0v) is 20.2. The molecule has 0 bridgehead atoms. The van der Waals surface area contributed by atoms with Crippen LogP contribution in [0.25, 0.3) is 0 Å². The first-order chi connectivity index (χ1) is 13.2. The van der Waals surface area contributed by atoms with E-state index in [-0.39, 0.29) is 11.1 Å². The Balaban J connectivity index is 0.000000313. The second-order valence-electron chi connectivity index (χ2n) is 11.3. The molecule has 164 valence electrons. The Bertz CT molecular complexity index is 760. The standard InChI is InChI=1S/C15H26N2O3Si.C7H12O/c1-15(2)8-11-12(9-15)17(16-13(11)14(18)19)10-20-6-7-21(3,4)5;1-7(2)4-3-6(8)5-7/h6-10H2,1-5H3,(H,18,19);3-5H2,1-2H3. The Morgan fingerprint density at radius 1 is 1.14 bits per heavy atom. The minimum absolute atomic E-state index is 0.109. The van der Waals surface area contributed by atoms with E-state index in [1.54, 1.807) is 4.68 Å². The highest BCUT2D eigenvalue weighted by Crippen LogP contribution is 2.38. The Hall–Kier alpha value is -1.47. The third kappa shape index (κ3) is 7.06. The Morgan fingerprint density at radius 3 is 2.24 bits per heavy atom. The summed E-state index contributed by atoms with van der Waals surface area (Å²) in [6.07, 6.45) is 4.34. The fraction of sp³-hybridized carbons (Fsp3) is 0.773. The van der Waals surface area contributed by atoms with Crippen LogP contribution in [0.1, 0.15) is 68.7 Å². The minimum atomic E-state index is -1.10. The van der Waals surface area contributed by atoms with E-state index in [1.165, 1.54) is 0 Å². The van der Waals surface area contributed by atoms with Crippen LogP contribution in [0.5, 0.6) is 0 Å². The van der Waals surface area contributed by atoms with Crippen LogP contribution in [0.2, 0.25) is 25.7 Å². The molecule has 2 aliphatic carbocycles. The quantitative estimate of drug-likeness (QED) is 0.527. The summed E-state index contributed by atoms with van der Waals surface area (Å²) in [5, 5.41) is 13.5. The van der Waals surface area contributed by atoms with Crippen LogP contribution >= 0.6 is 0 Å². The van der Waals surface area contributed by atoms with Crippen LogP contribution in [0.4, 0.5) is 0 Å². The van der Waals surface area contributed by atoms with Crippen molar-refractivity contribution in [1.29, 1.82) is 0 Å². The van der Waals surface area contributed by atoms with Gasteiger partial charge in [0.15, 0.2) is 5.69 Å². The fourth-order valence-electron chi connectivity index (χ4n) is 3.91. The second kappa shape index (κ2) is 8.72. The van der Waals surface area contributed by atoms with E-state index < -0.39 is 14.0 Å².